The topological polar surface area (TPSA) is 52.6 Å². The molecule has 1 aliphatic rings. The first-order valence-electron chi connectivity index (χ1n) is 6.47. The molecule has 1 amide bonds. The van der Waals surface area contributed by atoms with Crippen molar-refractivity contribution in [2.75, 3.05) is 31.6 Å². The van der Waals surface area contributed by atoms with Crippen LogP contribution in [0.1, 0.15) is 24.3 Å². The van der Waals surface area contributed by atoms with Crippen molar-refractivity contribution in [3.05, 3.63) is 29.8 Å². The zero-order chi connectivity index (χ0) is 12.8. The second-order valence-electron chi connectivity index (χ2n) is 4.73. The van der Waals surface area contributed by atoms with Crippen LogP contribution in [0.3, 0.4) is 0 Å². The van der Waals surface area contributed by atoms with Gasteiger partial charge < -0.3 is 15.3 Å². The number of β-amino-alcohol motifs (C(OH)–C–C–N with tert-alkyl or cyclic N) is 1. The van der Waals surface area contributed by atoms with E-state index in [-0.39, 0.29) is 6.61 Å². The first-order chi connectivity index (χ1) is 8.83. The number of nitrogens with one attached hydrogen (secondary N) is 1. The SMILES string of the molecule is O=CNc1cccc(C2CCN(CCO)CC2)c1. The first kappa shape index (κ1) is 13.1. The number of aliphatic hydroxyl groups excluding tert-OH is 1. The summed E-state index contributed by atoms with van der Waals surface area (Å²) in [6.45, 7) is 3.09. The van der Waals surface area contributed by atoms with Gasteiger partial charge in [-0.05, 0) is 49.5 Å². The van der Waals surface area contributed by atoms with Gasteiger partial charge in [-0.3, -0.25) is 4.79 Å². The highest BCUT2D eigenvalue weighted by Gasteiger charge is 2.20. The van der Waals surface area contributed by atoms with Gasteiger partial charge in [-0.25, -0.2) is 0 Å². The van der Waals surface area contributed by atoms with E-state index in [1.807, 2.05) is 12.1 Å². The molecule has 1 fully saturated rings. The fourth-order valence-electron chi connectivity index (χ4n) is 2.58. The van der Waals surface area contributed by atoms with Crippen LogP contribution >= 0.6 is 0 Å². The summed E-state index contributed by atoms with van der Waals surface area (Å²) < 4.78 is 0. The lowest BCUT2D eigenvalue weighted by Crippen LogP contribution is -2.34. The first-order valence-corrected chi connectivity index (χ1v) is 6.47. The van der Waals surface area contributed by atoms with Crippen LogP contribution in [0.5, 0.6) is 0 Å². The van der Waals surface area contributed by atoms with Gasteiger partial charge in [0.15, 0.2) is 0 Å². The minimum Gasteiger partial charge on any atom is -0.395 e. The summed E-state index contributed by atoms with van der Waals surface area (Å²) in [5.74, 6) is 0.563. The largest absolute Gasteiger partial charge is 0.395 e. The molecule has 2 rings (SSSR count). The number of likely N-dealkylation sites (tertiary alicyclic amines) is 1. The highest BCUT2D eigenvalue weighted by atomic mass is 16.3. The molecule has 1 aliphatic heterocycles. The van der Waals surface area contributed by atoms with Gasteiger partial charge in [0.1, 0.15) is 0 Å². The number of carbonyl (C=O) groups excluding carboxylic acids is 1. The summed E-state index contributed by atoms with van der Waals surface area (Å²) in [7, 11) is 0. The van der Waals surface area contributed by atoms with Crippen molar-refractivity contribution in [3.63, 3.8) is 0 Å². The summed E-state index contributed by atoms with van der Waals surface area (Å²) in [4.78, 5) is 12.7. The number of aliphatic hydroxyl groups is 1. The van der Waals surface area contributed by atoms with Gasteiger partial charge in [0.2, 0.25) is 6.41 Å². The monoisotopic (exact) mass is 248 g/mol. The zero-order valence-electron chi connectivity index (χ0n) is 10.5. The molecular weight excluding hydrogens is 228 g/mol. The standard InChI is InChI=1S/C14H20N2O2/c17-9-8-16-6-4-12(5-7-16)13-2-1-3-14(10-13)15-11-18/h1-3,10-12,17H,4-9H2,(H,15,18). The lowest BCUT2D eigenvalue weighted by molar-refractivity contribution is -0.105. The zero-order valence-corrected chi connectivity index (χ0v) is 10.5. The smallest absolute Gasteiger partial charge is 0.211 e. The lowest BCUT2D eigenvalue weighted by atomic mass is 9.89. The molecule has 2 N–H and O–H groups in total. The molecule has 0 saturated carbocycles. The summed E-state index contributed by atoms with van der Waals surface area (Å²) >= 11 is 0. The summed E-state index contributed by atoms with van der Waals surface area (Å²) in [5, 5.41) is 11.6. The molecule has 0 radical (unpaired) electrons. The van der Waals surface area contributed by atoms with Gasteiger partial charge >= 0.3 is 0 Å². The number of nitrogens with zero attached hydrogens (tertiary/aromatic N) is 1. The number of hydrogen-bond donors (Lipinski definition) is 2. The predicted octanol–water partition coefficient (Wildman–Crippen LogP) is 1.43. The highest BCUT2D eigenvalue weighted by molar-refractivity contribution is 5.71. The molecule has 0 aromatic heterocycles. The van der Waals surface area contributed by atoms with E-state index in [2.05, 4.69) is 22.3 Å². The van der Waals surface area contributed by atoms with Crippen molar-refractivity contribution in [2.45, 2.75) is 18.8 Å². The Kier molecular flexibility index (Phi) is 4.73. The van der Waals surface area contributed by atoms with Crippen LogP contribution in [0.4, 0.5) is 5.69 Å². The number of hydrogen-bond acceptors (Lipinski definition) is 3. The Morgan fingerprint density at radius 2 is 2.17 bits per heavy atom. The van der Waals surface area contributed by atoms with E-state index < -0.39 is 0 Å². The van der Waals surface area contributed by atoms with E-state index in [0.717, 1.165) is 38.2 Å². The molecule has 0 unspecified atom stereocenters. The van der Waals surface area contributed by atoms with Crippen molar-refractivity contribution in [1.29, 1.82) is 0 Å². The maximum atomic E-state index is 10.4. The third kappa shape index (κ3) is 3.31. The molecule has 4 heteroatoms. The Morgan fingerprint density at radius 1 is 1.39 bits per heavy atom. The molecule has 0 spiro atoms. The van der Waals surface area contributed by atoms with Crippen molar-refractivity contribution >= 4 is 12.1 Å². The van der Waals surface area contributed by atoms with Gasteiger partial charge in [0.05, 0.1) is 6.61 Å². The molecule has 18 heavy (non-hydrogen) atoms. The van der Waals surface area contributed by atoms with Crippen molar-refractivity contribution in [3.8, 4) is 0 Å². The van der Waals surface area contributed by atoms with Gasteiger partial charge in [0.25, 0.3) is 0 Å². The molecule has 0 aliphatic carbocycles. The molecule has 0 bridgehead atoms. The number of carbonyl (C=O) groups is 1. The predicted molar refractivity (Wildman–Crippen MR) is 71.6 cm³/mol. The normalized spacial score (nSPS) is 17.6. The minimum absolute atomic E-state index is 0.239. The van der Waals surface area contributed by atoms with E-state index in [4.69, 9.17) is 5.11 Å². The van der Waals surface area contributed by atoms with Crippen LogP contribution in [0.2, 0.25) is 0 Å². The quantitative estimate of drug-likeness (QED) is 0.775. The fraction of sp³-hybridized carbons (Fsp3) is 0.500. The average Bonchev–Trinajstić information content (AvgIpc) is 2.41. The van der Waals surface area contributed by atoms with Gasteiger partial charge in [-0.2, -0.15) is 0 Å². The fourth-order valence-corrected chi connectivity index (χ4v) is 2.58. The van der Waals surface area contributed by atoms with E-state index >= 15 is 0 Å². The van der Waals surface area contributed by atoms with Crippen LogP contribution in [-0.4, -0.2) is 42.7 Å². The Bertz CT molecular complexity index is 387. The molecular formula is C14H20N2O2. The Hall–Kier alpha value is -1.39. The minimum atomic E-state index is 0.239. The van der Waals surface area contributed by atoms with E-state index in [9.17, 15) is 4.79 Å². The Morgan fingerprint density at radius 3 is 2.83 bits per heavy atom. The maximum Gasteiger partial charge on any atom is 0.211 e. The van der Waals surface area contributed by atoms with Gasteiger partial charge in [-0.15, -0.1) is 0 Å². The van der Waals surface area contributed by atoms with Crippen LogP contribution in [0.15, 0.2) is 24.3 Å². The summed E-state index contributed by atoms with van der Waals surface area (Å²) in [6, 6.07) is 8.07. The van der Waals surface area contributed by atoms with Crippen LogP contribution in [-0.2, 0) is 4.79 Å². The number of benzene rings is 1. The number of anilines is 1. The van der Waals surface area contributed by atoms with Crippen LogP contribution < -0.4 is 5.32 Å². The summed E-state index contributed by atoms with van der Waals surface area (Å²) in [6.07, 6.45) is 2.94. The summed E-state index contributed by atoms with van der Waals surface area (Å²) in [5.41, 5.74) is 2.16. The third-order valence-corrected chi connectivity index (χ3v) is 3.59. The third-order valence-electron chi connectivity index (χ3n) is 3.59. The molecule has 1 aromatic carbocycles. The molecule has 4 nitrogen and oxygen atoms in total. The maximum absolute atomic E-state index is 10.4. The molecule has 1 aromatic rings. The van der Waals surface area contributed by atoms with E-state index in [0.29, 0.717) is 12.3 Å². The lowest BCUT2D eigenvalue weighted by Gasteiger charge is -2.31. The van der Waals surface area contributed by atoms with Gasteiger partial charge in [-0.1, -0.05) is 12.1 Å². The Balaban J connectivity index is 1.96. The molecule has 0 atom stereocenters. The van der Waals surface area contributed by atoms with E-state index in [1.54, 1.807) is 0 Å². The number of amides is 1. The van der Waals surface area contributed by atoms with Crippen molar-refractivity contribution in [1.82, 2.24) is 4.90 Å². The molecule has 98 valence electrons. The van der Waals surface area contributed by atoms with Crippen molar-refractivity contribution < 1.29 is 9.90 Å². The molecule has 1 heterocycles. The average molecular weight is 248 g/mol. The second kappa shape index (κ2) is 6.52. The van der Waals surface area contributed by atoms with Gasteiger partial charge in [0, 0.05) is 12.2 Å². The van der Waals surface area contributed by atoms with E-state index in [1.165, 1.54) is 5.56 Å². The van der Waals surface area contributed by atoms with Crippen LogP contribution in [0.25, 0.3) is 0 Å². The van der Waals surface area contributed by atoms with Crippen LogP contribution in [0, 0.1) is 0 Å². The number of piperidine rings is 1. The highest BCUT2D eigenvalue weighted by Crippen LogP contribution is 2.29. The molecule has 1 saturated heterocycles. The second-order valence-corrected chi connectivity index (χ2v) is 4.73. The number of rotatable bonds is 5. The van der Waals surface area contributed by atoms with Crippen molar-refractivity contribution in [2.24, 2.45) is 0 Å². The Labute approximate surface area is 108 Å².